The van der Waals surface area contributed by atoms with E-state index < -0.39 is 0 Å². The Labute approximate surface area is 354 Å². The number of hydrogen-bond acceptors (Lipinski definition) is 0. The third-order valence-electron chi connectivity index (χ3n) is 13.6. The summed E-state index contributed by atoms with van der Waals surface area (Å²) in [5, 5.41) is 0. The predicted molar refractivity (Wildman–Crippen MR) is 260 cm³/mol. The van der Waals surface area contributed by atoms with Crippen molar-refractivity contribution < 1.29 is 0 Å². The van der Waals surface area contributed by atoms with Crippen LogP contribution >= 0.6 is 7.92 Å². The molecule has 0 aromatic rings. The maximum absolute atomic E-state index is 2.58. The lowest BCUT2D eigenvalue weighted by Gasteiger charge is -2.40. The Morgan fingerprint density at radius 3 is 0.491 bits per heavy atom. The van der Waals surface area contributed by atoms with Gasteiger partial charge in [-0.05, 0) is 55.5 Å². The maximum Gasteiger partial charge on any atom is -0.0207 e. The number of unbranched alkanes of at least 4 members (excludes halogenated alkanes) is 36. The van der Waals surface area contributed by atoms with Crippen LogP contribution < -0.4 is 0 Å². The van der Waals surface area contributed by atoms with Gasteiger partial charge in [0.25, 0.3) is 0 Å². The van der Waals surface area contributed by atoms with E-state index in [1.165, 1.54) is 270 Å². The Morgan fingerprint density at radius 1 is 0.200 bits per heavy atom. The van der Waals surface area contributed by atoms with Gasteiger partial charge in [-0.25, -0.2) is 0 Å². The molecule has 0 spiro atoms. The summed E-state index contributed by atoms with van der Waals surface area (Å²) in [6.07, 6.45) is 66.6. The first-order valence-electron chi connectivity index (χ1n) is 27.0. The average Bonchev–Trinajstić information content (AvgIpc) is 3.20. The molecule has 0 nitrogen and oxygen atoms in total. The maximum atomic E-state index is 2.58. The number of rotatable bonds is 48. The lowest BCUT2D eigenvalue weighted by molar-refractivity contribution is 0.521. The van der Waals surface area contributed by atoms with Crippen molar-refractivity contribution in [1.29, 1.82) is 0 Å². The Bertz CT molecular complexity index is 582. The predicted octanol–water partition coefficient (Wildman–Crippen LogP) is 21.2. The van der Waals surface area contributed by atoms with Gasteiger partial charge in [-0.1, -0.05) is 300 Å². The molecule has 0 amide bonds. The summed E-state index contributed by atoms with van der Waals surface area (Å²) in [5.41, 5.74) is 3.09. The molecule has 1 heteroatoms. The smallest absolute Gasteiger partial charge is 0.0207 e. The topological polar surface area (TPSA) is 0 Å². The van der Waals surface area contributed by atoms with Crippen LogP contribution in [0.3, 0.4) is 0 Å². The lowest BCUT2D eigenvalue weighted by Crippen LogP contribution is -2.23. The van der Waals surface area contributed by atoms with Crippen LogP contribution in [0, 0.1) is 0 Å². The highest BCUT2D eigenvalue weighted by Gasteiger charge is 2.32. The standard InChI is InChI=1S/C54H111P/c1-7-13-16-19-22-25-28-31-34-37-40-43-46-49-52(10-4)55(53(11-5)50-47-44-41-38-35-32-29-26-23-20-17-14-8-2)54(12-6)51-48-45-42-39-36-33-30-27-24-21-18-15-9-3/h52-54H,7-51H2,1-6H3. The quantitative estimate of drug-likeness (QED) is 0.0425. The molecule has 0 aliphatic rings. The van der Waals surface area contributed by atoms with Gasteiger partial charge in [0, 0.05) is 0 Å². The van der Waals surface area contributed by atoms with Crippen LogP contribution in [0.2, 0.25) is 0 Å². The van der Waals surface area contributed by atoms with Gasteiger partial charge in [-0.15, -0.1) is 0 Å². The van der Waals surface area contributed by atoms with Gasteiger partial charge in [0.05, 0.1) is 0 Å². The van der Waals surface area contributed by atoms with Crippen molar-refractivity contribution in [3.8, 4) is 0 Å². The molecule has 3 atom stereocenters. The van der Waals surface area contributed by atoms with Gasteiger partial charge in [0.1, 0.15) is 0 Å². The second kappa shape index (κ2) is 47.1. The molecule has 0 bridgehead atoms. The summed E-state index contributed by atoms with van der Waals surface area (Å²) in [7, 11) is 0.127. The molecule has 0 aliphatic heterocycles. The molecule has 0 radical (unpaired) electrons. The van der Waals surface area contributed by atoms with E-state index in [9.17, 15) is 0 Å². The first-order valence-corrected chi connectivity index (χ1v) is 28.5. The molecular weight excluding hydrogens is 680 g/mol. The van der Waals surface area contributed by atoms with Crippen molar-refractivity contribution in [2.75, 3.05) is 0 Å². The van der Waals surface area contributed by atoms with Crippen molar-refractivity contribution in [2.24, 2.45) is 0 Å². The zero-order valence-electron chi connectivity index (χ0n) is 40.0. The van der Waals surface area contributed by atoms with Crippen LogP contribution in [0.25, 0.3) is 0 Å². The molecule has 0 aromatic carbocycles. The number of hydrogen-bond donors (Lipinski definition) is 0. The van der Waals surface area contributed by atoms with Crippen molar-refractivity contribution in [3.05, 3.63) is 0 Å². The third-order valence-corrected chi connectivity index (χ3v) is 18.0. The first kappa shape index (κ1) is 55.4. The monoisotopic (exact) mass is 791 g/mol. The zero-order valence-corrected chi connectivity index (χ0v) is 40.9. The third kappa shape index (κ3) is 37.2. The van der Waals surface area contributed by atoms with Crippen LogP contribution in [-0.2, 0) is 0 Å². The van der Waals surface area contributed by atoms with E-state index in [1.54, 1.807) is 19.3 Å². The van der Waals surface area contributed by atoms with Crippen LogP contribution in [0.1, 0.15) is 330 Å². The van der Waals surface area contributed by atoms with Gasteiger partial charge < -0.3 is 0 Å². The van der Waals surface area contributed by atoms with E-state index >= 15 is 0 Å². The Hall–Kier alpha value is 0.430. The van der Waals surface area contributed by atoms with Crippen LogP contribution in [0.15, 0.2) is 0 Å². The molecule has 0 N–H and O–H groups in total. The van der Waals surface area contributed by atoms with Crippen molar-refractivity contribution >= 4 is 7.92 Å². The fraction of sp³-hybridized carbons (Fsp3) is 1.00. The molecular formula is C54H111P. The minimum absolute atomic E-state index is 0.127. The molecule has 0 saturated carbocycles. The van der Waals surface area contributed by atoms with E-state index in [0.717, 1.165) is 17.0 Å². The second-order valence-corrected chi connectivity index (χ2v) is 21.8. The summed E-state index contributed by atoms with van der Waals surface area (Å²) >= 11 is 0. The summed E-state index contributed by atoms with van der Waals surface area (Å²) in [6, 6.07) is 0. The molecule has 0 fully saturated rings. The fourth-order valence-electron chi connectivity index (χ4n) is 9.78. The summed E-state index contributed by atoms with van der Waals surface area (Å²) in [5.74, 6) is 0. The SMILES string of the molecule is CCCCCCCCCCCCCCCC(CC)P(C(CC)CCCCCCCCCCCCCCC)C(CC)CCCCCCCCCCCCCCC. The van der Waals surface area contributed by atoms with Gasteiger partial charge in [-0.3, -0.25) is 0 Å². The van der Waals surface area contributed by atoms with E-state index in [1.807, 2.05) is 0 Å². The molecule has 0 rings (SSSR count). The lowest BCUT2D eigenvalue weighted by atomic mass is 10.0. The highest BCUT2D eigenvalue weighted by Crippen LogP contribution is 2.58. The van der Waals surface area contributed by atoms with Crippen molar-refractivity contribution in [2.45, 2.75) is 347 Å². The van der Waals surface area contributed by atoms with Crippen LogP contribution in [0.5, 0.6) is 0 Å². The first-order chi connectivity index (χ1) is 27.2. The van der Waals surface area contributed by atoms with Gasteiger partial charge in [0.15, 0.2) is 0 Å². The molecule has 332 valence electrons. The van der Waals surface area contributed by atoms with E-state index in [2.05, 4.69) is 41.5 Å². The molecule has 0 saturated heterocycles. The average molecular weight is 791 g/mol. The second-order valence-electron chi connectivity index (χ2n) is 18.7. The Kier molecular flexibility index (Phi) is 47.5. The Morgan fingerprint density at radius 2 is 0.345 bits per heavy atom. The minimum Gasteiger partial charge on any atom is -0.0972 e. The molecule has 0 aliphatic carbocycles. The minimum atomic E-state index is 0.127. The normalized spacial score (nSPS) is 14.1. The highest BCUT2D eigenvalue weighted by atomic mass is 31.1. The molecule has 0 heterocycles. The van der Waals surface area contributed by atoms with E-state index in [0.29, 0.717) is 0 Å². The zero-order chi connectivity index (χ0) is 40.1. The largest absolute Gasteiger partial charge is 0.0972 e. The van der Waals surface area contributed by atoms with Crippen molar-refractivity contribution in [3.63, 3.8) is 0 Å². The van der Waals surface area contributed by atoms with Crippen LogP contribution in [0.4, 0.5) is 0 Å². The summed E-state index contributed by atoms with van der Waals surface area (Å²) < 4.78 is 0. The van der Waals surface area contributed by atoms with Gasteiger partial charge in [0.2, 0.25) is 0 Å². The van der Waals surface area contributed by atoms with Gasteiger partial charge in [-0.2, -0.15) is 0 Å². The summed E-state index contributed by atoms with van der Waals surface area (Å²) in [6.45, 7) is 14.7. The highest BCUT2D eigenvalue weighted by molar-refractivity contribution is 7.59. The molecule has 0 aromatic heterocycles. The fourth-order valence-corrected chi connectivity index (χ4v) is 14.3. The Balaban J connectivity index is 4.74. The van der Waals surface area contributed by atoms with E-state index in [-0.39, 0.29) is 7.92 Å². The molecule has 3 unspecified atom stereocenters. The van der Waals surface area contributed by atoms with Crippen LogP contribution in [-0.4, -0.2) is 17.0 Å². The molecule has 55 heavy (non-hydrogen) atoms. The van der Waals surface area contributed by atoms with Gasteiger partial charge >= 0.3 is 0 Å². The van der Waals surface area contributed by atoms with E-state index in [4.69, 9.17) is 0 Å². The summed E-state index contributed by atoms with van der Waals surface area (Å²) in [4.78, 5) is 0. The van der Waals surface area contributed by atoms with Crippen molar-refractivity contribution in [1.82, 2.24) is 0 Å².